The molecule has 1 aliphatic carbocycles. The molecule has 0 radical (unpaired) electrons. The Hall–Kier alpha value is -0.0800. The van der Waals surface area contributed by atoms with E-state index >= 15 is 0 Å². The summed E-state index contributed by atoms with van der Waals surface area (Å²) in [4.78, 5) is 0. The fraction of sp³-hybridized carbons (Fsp3) is 1.00. The lowest BCUT2D eigenvalue weighted by molar-refractivity contribution is -0.00603. The third kappa shape index (κ3) is 5.07. The van der Waals surface area contributed by atoms with Crippen LogP contribution in [0.3, 0.4) is 0 Å². The van der Waals surface area contributed by atoms with E-state index in [9.17, 15) is 0 Å². The molecule has 1 N–H and O–H groups in total. The Bertz CT molecular complexity index is 233. The monoisotopic (exact) mass is 267 g/mol. The van der Waals surface area contributed by atoms with Crippen LogP contribution in [0.4, 0.5) is 0 Å². The van der Waals surface area contributed by atoms with Gasteiger partial charge in [-0.1, -0.05) is 39.0 Å². The highest BCUT2D eigenvalue weighted by Crippen LogP contribution is 2.27. The Morgan fingerprint density at radius 2 is 1.84 bits per heavy atom. The molecule has 0 aromatic heterocycles. The molecule has 0 aromatic rings. The van der Waals surface area contributed by atoms with E-state index in [2.05, 4.69) is 19.2 Å². The van der Waals surface area contributed by atoms with Crippen molar-refractivity contribution in [3.63, 3.8) is 0 Å². The molecule has 2 nitrogen and oxygen atoms in total. The summed E-state index contributed by atoms with van der Waals surface area (Å²) in [5, 5.41) is 3.92. The third-order valence-corrected chi connectivity index (χ3v) is 5.08. The van der Waals surface area contributed by atoms with Gasteiger partial charge in [-0.2, -0.15) is 0 Å². The van der Waals surface area contributed by atoms with E-state index in [-0.39, 0.29) is 0 Å². The van der Waals surface area contributed by atoms with Crippen molar-refractivity contribution >= 4 is 0 Å². The topological polar surface area (TPSA) is 21.3 Å². The van der Waals surface area contributed by atoms with Crippen LogP contribution in [-0.2, 0) is 4.74 Å². The third-order valence-electron chi connectivity index (χ3n) is 5.08. The molecule has 3 atom stereocenters. The van der Waals surface area contributed by atoms with E-state index in [1.807, 2.05) is 0 Å². The molecule has 2 fully saturated rings. The maximum Gasteiger partial charge on any atom is 0.0589 e. The van der Waals surface area contributed by atoms with Crippen molar-refractivity contribution < 1.29 is 4.74 Å². The van der Waals surface area contributed by atoms with Crippen molar-refractivity contribution in [2.24, 2.45) is 5.92 Å². The summed E-state index contributed by atoms with van der Waals surface area (Å²) in [6.07, 6.45) is 14.1. The summed E-state index contributed by atoms with van der Waals surface area (Å²) >= 11 is 0. The lowest BCUT2D eigenvalue weighted by Crippen LogP contribution is -2.45. The summed E-state index contributed by atoms with van der Waals surface area (Å²) in [5.74, 6) is 0.912. The second-order valence-electron chi connectivity index (χ2n) is 6.71. The number of ether oxygens (including phenoxy) is 1. The maximum absolute atomic E-state index is 5.86. The van der Waals surface area contributed by atoms with Crippen LogP contribution in [0.5, 0.6) is 0 Å². The fourth-order valence-corrected chi connectivity index (χ4v) is 3.87. The SMILES string of the molecule is CCCC1CC(N[C@H](C)C2CCCCCC2)CCO1. The molecule has 19 heavy (non-hydrogen) atoms. The Labute approximate surface area is 119 Å². The summed E-state index contributed by atoms with van der Waals surface area (Å²) in [7, 11) is 0. The van der Waals surface area contributed by atoms with Crippen LogP contribution in [0, 0.1) is 5.92 Å². The lowest BCUT2D eigenvalue weighted by Gasteiger charge is -2.34. The van der Waals surface area contributed by atoms with Gasteiger partial charge < -0.3 is 10.1 Å². The number of rotatable bonds is 5. The van der Waals surface area contributed by atoms with Crippen molar-refractivity contribution in [1.29, 1.82) is 0 Å². The molecular weight excluding hydrogens is 234 g/mol. The van der Waals surface area contributed by atoms with E-state index in [0.717, 1.165) is 12.5 Å². The standard InChI is InChI=1S/C17H33NO/c1-3-8-17-13-16(11-12-19-17)18-14(2)15-9-6-4-5-7-10-15/h14-18H,3-13H2,1-2H3/t14-,16?,17?/m1/s1. The number of hydrogen-bond acceptors (Lipinski definition) is 2. The van der Waals surface area contributed by atoms with Crippen LogP contribution < -0.4 is 5.32 Å². The Kier molecular flexibility index (Phi) is 6.66. The average molecular weight is 267 g/mol. The Balaban J connectivity index is 1.75. The maximum atomic E-state index is 5.86. The molecule has 2 heteroatoms. The zero-order valence-electron chi connectivity index (χ0n) is 13.0. The molecule has 1 saturated carbocycles. The van der Waals surface area contributed by atoms with Gasteiger partial charge in [-0.25, -0.2) is 0 Å². The van der Waals surface area contributed by atoms with Crippen molar-refractivity contribution in [2.75, 3.05) is 6.61 Å². The predicted octanol–water partition coefficient (Wildman–Crippen LogP) is 4.28. The second-order valence-corrected chi connectivity index (χ2v) is 6.71. The zero-order chi connectivity index (χ0) is 13.5. The van der Waals surface area contributed by atoms with Crippen LogP contribution in [0.15, 0.2) is 0 Å². The molecule has 1 heterocycles. The summed E-state index contributed by atoms with van der Waals surface area (Å²) in [6, 6.07) is 1.40. The van der Waals surface area contributed by atoms with E-state index < -0.39 is 0 Å². The van der Waals surface area contributed by atoms with Crippen molar-refractivity contribution in [3.8, 4) is 0 Å². The van der Waals surface area contributed by atoms with Gasteiger partial charge in [-0.3, -0.25) is 0 Å². The molecule has 112 valence electrons. The molecule has 0 aromatic carbocycles. The normalized spacial score (nSPS) is 31.9. The summed E-state index contributed by atoms with van der Waals surface area (Å²) < 4.78 is 5.86. The van der Waals surface area contributed by atoms with Crippen LogP contribution in [0.1, 0.15) is 78.1 Å². The Morgan fingerprint density at radius 1 is 1.11 bits per heavy atom. The first kappa shape index (κ1) is 15.3. The van der Waals surface area contributed by atoms with Crippen LogP contribution in [0.2, 0.25) is 0 Å². The molecule has 0 amide bonds. The quantitative estimate of drug-likeness (QED) is 0.751. The molecule has 1 aliphatic heterocycles. The van der Waals surface area contributed by atoms with Crippen LogP contribution >= 0.6 is 0 Å². The molecule has 2 rings (SSSR count). The molecule has 1 saturated heterocycles. The largest absolute Gasteiger partial charge is 0.378 e. The van der Waals surface area contributed by atoms with Crippen molar-refractivity contribution in [3.05, 3.63) is 0 Å². The summed E-state index contributed by atoms with van der Waals surface area (Å²) in [6.45, 7) is 5.63. The zero-order valence-corrected chi connectivity index (χ0v) is 13.0. The molecule has 0 bridgehead atoms. The van der Waals surface area contributed by atoms with Gasteiger partial charge in [0, 0.05) is 18.7 Å². The lowest BCUT2D eigenvalue weighted by atomic mass is 9.91. The number of hydrogen-bond donors (Lipinski definition) is 1. The second kappa shape index (κ2) is 8.26. The first-order chi connectivity index (χ1) is 9.29. The highest BCUT2D eigenvalue weighted by atomic mass is 16.5. The van der Waals surface area contributed by atoms with Crippen molar-refractivity contribution in [1.82, 2.24) is 5.32 Å². The van der Waals surface area contributed by atoms with Gasteiger partial charge in [0.2, 0.25) is 0 Å². The highest BCUT2D eigenvalue weighted by Gasteiger charge is 2.26. The van der Waals surface area contributed by atoms with Gasteiger partial charge in [-0.15, -0.1) is 0 Å². The van der Waals surface area contributed by atoms with E-state index in [1.165, 1.54) is 64.2 Å². The van der Waals surface area contributed by atoms with Gasteiger partial charge in [0.25, 0.3) is 0 Å². The number of nitrogens with one attached hydrogen (secondary N) is 1. The minimum Gasteiger partial charge on any atom is -0.378 e. The van der Waals surface area contributed by atoms with E-state index in [0.29, 0.717) is 18.2 Å². The molecule has 0 spiro atoms. The first-order valence-corrected chi connectivity index (χ1v) is 8.67. The highest BCUT2D eigenvalue weighted by molar-refractivity contribution is 4.82. The minimum absolute atomic E-state index is 0.512. The van der Waals surface area contributed by atoms with E-state index in [4.69, 9.17) is 4.74 Å². The average Bonchev–Trinajstić information content (AvgIpc) is 2.68. The summed E-state index contributed by atoms with van der Waals surface area (Å²) in [5.41, 5.74) is 0. The fourth-order valence-electron chi connectivity index (χ4n) is 3.87. The first-order valence-electron chi connectivity index (χ1n) is 8.67. The smallest absolute Gasteiger partial charge is 0.0589 e. The van der Waals surface area contributed by atoms with Crippen LogP contribution in [-0.4, -0.2) is 24.8 Å². The Morgan fingerprint density at radius 3 is 2.53 bits per heavy atom. The van der Waals surface area contributed by atoms with Gasteiger partial charge in [-0.05, 0) is 44.9 Å². The van der Waals surface area contributed by atoms with Crippen molar-refractivity contribution in [2.45, 2.75) is 96.2 Å². The van der Waals surface area contributed by atoms with Gasteiger partial charge in [0.1, 0.15) is 0 Å². The van der Waals surface area contributed by atoms with Gasteiger partial charge in [0.05, 0.1) is 6.10 Å². The van der Waals surface area contributed by atoms with Gasteiger partial charge in [0.15, 0.2) is 0 Å². The molecular formula is C17H33NO. The minimum atomic E-state index is 0.512. The van der Waals surface area contributed by atoms with E-state index in [1.54, 1.807) is 0 Å². The van der Waals surface area contributed by atoms with Gasteiger partial charge >= 0.3 is 0 Å². The predicted molar refractivity (Wildman–Crippen MR) is 81.5 cm³/mol. The molecule has 2 aliphatic rings. The molecule has 2 unspecified atom stereocenters. The van der Waals surface area contributed by atoms with Crippen LogP contribution in [0.25, 0.3) is 0 Å².